The monoisotopic (exact) mass is 496 g/mol. The van der Waals surface area contributed by atoms with Crippen LogP contribution in [0, 0.1) is 12.8 Å². The number of nitrogens with two attached hydrogens (primary N) is 2. The summed E-state index contributed by atoms with van der Waals surface area (Å²) in [7, 11) is 3.21. The maximum atomic E-state index is 12.7. The van der Waals surface area contributed by atoms with Crippen LogP contribution in [-0.2, 0) is 6.54 Å². The van der Waals surface area contributed by atoms with Crippen molar-refractivity contribution in [1.29, 1.82) is 0 Å². The van der Waals surface area contributed by atoms with Crippen LogP contribution >= 0.6 is 0 Å². The molecule has 0 atom stereocenters. The fraction of sp³-hybridized carbons (Fsp3) is 0.440. The van der Waals surface area contributed by atoms with Gasteiger partial charge in [0.1, 0.15) is 11.4 Å². The Kier molecular flexibility index (Phi) is 9.46. The lowest BCUT2D eigenvalue weighted by Gasteiger charge is -2.30. The number of aromatic nitrogens is 1. The Balaban J connectivity index is 1.57. The van der Waals surface area contributed by atoms with Crippen LogP contribution in [0.1, 0.15) is 53.0 Å². The number of amides is 3. The van der Waals surface area contributed by atoms with Gasteiger partial charge in [0.15, 0.2) is 5.84 Å². The molecular formula is C25H36N8O3. The molecule has 0 bridgehead atoms. The normalized spacial score (nSPS) is 17.7. The molecule has 1 saturated carbocycles. The molecule has 1 heterocycles. The Bertz CT molecular complexity index is 1080. The third kappa shape index (κ3) is 7.84. The Morgan fingerprint density at radius 1 is 1.19 bits per heavy atom. The highest BCUT2D eigenvalue weighted by molar-refractivity contribution is 6.00. The maximum absolute atomic E-state index is 12.7. The summed E-state index contributed by atoms with van der Waals surface area (Å²) < 4.78 is 5.22. The number of pyridine rings is 1. The molecule has 1 fully saturated rings. The zero-order chi connectivity index (χ0) is 26.1. The number of urea groups is 1. The lowest BCUT2D eigenvalue weighted by Crippen LogP contribution is -2.43. The Hall–Kier alpha value is -3.86. The van der Waals surface area contributed by atoms with Crippen molar-refractivity contribution in [3.63, 3.8) is 0 Å². The molecule has 1 aliphatic carbocycles. The number of benzene rings is 1. The Morgan fingerprint density at radius 2 is 1.94 bits per heavy atom. The average Bonchev–Trinajstić information content (AvgIpc) is 2.88. The number of carbonyl (C=O) groups excluding carboxylic acids is 2. The third-order valence-electron chi connectivity index (χ3n) is 6.16. The summed E-state index contributed by atoms with van der Waals surface area (Å²) in [6.07, 6.45) is 3.65. The van der Waals surface area contributed by atoms with Crippen molar-refractivity contribution in [1.82, 2.24) is 26.1 Å². The molecule has 1 aromatic heterocycles. The molecular weight excluding hydrogens is 460 g/mol. The number of hydrazone groups is 1. The Morgan fingerprint density at radius 3 is 2.64 bits per heavy atom. The molecule has 1 aliphatic rings. The van der Waals surface area contributed by atoms with E-state index in [9.17, 15) is 9.59 Å². The van der Waals surface area contributed by atoms with Crippen molar-refractivity contribution in [3.8, 4) is 5.75 Å². The summed E-state index contributed by atoms with van der Waals surface area (Å²) in [6.45, 7) is 2.68. The van der Waals surface area contributed by atoms with Gasteiger partial charge < -0.3 is 26.4 Å². The average molecular weight is 497 g/mol. The zero-order valence-electron chi connectivity index (χ0n) is 21.1. The molecule has 11 nitrogen and oxygen atoms in total. The molecule has 0 spiro atoms. The van der Waals surface area contributed by atoms with Gasteiger partial charge in [0, 0.05) is 30.9 Å². The van der Waals surface area contributed by atoms with Gasteiger partial charge in [0.25, 0.3) is 5.91 Å². The molecule has 7 N–H and O–H groups in total. The van der Waals surface area contributed by atoms with Crippen molar-refractivity contribution in [2.45, 2.75) is 45.2 Å². The number of hydrogen-bond acceptors (Lipinski definition) is 7. The van der Waals surface area contributed by atoms with Gasteiger partial charge in [-0.1, -0.05) is 12.1 Å². The van der Waals surface area contributed by atoms with Gasteiger partial charge in [-0.25, -0.2) is 20.7 Å². The Labute approximate surface area is 211 Å². The summed E-state index contributed by atoms with van der Waals surface area (Å²) in [4.78, 5) is 28.6. The number of ether oxygens (including phenoxy) is 1. The third-order valence-corrected chi connectivity index (χ3v) is 6.16. The molecule has 3 rings (SSSR count). The van der Waals surface area contributed by atoms with E-state index in [1.165, 1.54) is 5.12 Å². The molecule has 2 aromatic rings. The van der Waals surface area contributed by atoms with Crippen LogP contribution in [0.5, 0.6) is 5.75 Å². The van der Waals surface area contributed by atoms with Gasteiger partial charge in [-0.05, 0) is 68.4 Å². The van der Waals surface area contributed by atoms with E-state index in [1.54, 1.807) is 33.2 Å². The van der Waals surface area contributed by atoms with Crippen LogP contribution < -0.4 is 32.3 Å². The predicted molar refractivity (Wildman–Crippen MR) is 138 cm³/mol. The maximum Gasteiger partial charge on any atom is 0.314 e. The SMILES string of the molecule is CNC(=O)NC1CCC(CN(N)/N=C(\N)c2cc(C)nc(C(=O)NCc3cccc(OC)c3)c2)CC1. The van der Waals surface area contributed by atoms with E-state index < -0.39 is 0 Å². The van der Waals surface area contributed by atoms with E-state index in [0.717, 1.165) is 37.0 Å². The molecule has 36 heavy (non-hydrogen) atoms. The molecule has 1 aromatic carbocycles. The van der Waals surface area contributed by atoms with E-state index >= 15 is 0 Å². The van der Waals surface area contributed by atoms with Crippen LogP contribution in [0.4, 0.5) is 4.79 Å². The number of nitrogens with zero attached hydrogens (tertiary/aromatic N) is 3. The van der Waals surface area contributed by atoms with Gasteiger partial charge in [-0.15, -0.1) is 5.10 Å². The van der Waals surface area contributed by atoms with Gasteiger partial charge in [-0.2, -0.15) is 0 Å². The fourth-order valence-corrected chi connectivity index (χ4v) is 4.24. The van der Waals surface area contributed by atoms with Gasteiger partial charge in [0.05, 0.1) is 13.7 Å². The second-order valence-electron chi connectivity index (χ2n) is 8.97. The minimum Gasteiger partial charge on any atom is -0.497 e. The smallest absolute Gasteiger partial charge is 0.314 e. The van der Waals surface area contributed by atoms with Crippen molar-refractivity contribution in [2.24, 2.45) is 22.6 Å². The number of hydrazine groups is 1. The summed E-state index contributed by atoms with van der Waals surface area (Å²) in [6, 6.07) is 10.9. The molecule has 0 saturated heterocycles. The van der Waals surface area contributed by atoms with Crippen LogP contribution in [0.3, 0.4) is 0 Å². The van der Waals surface area contributed by atoms with Gasteiger partial charge >= 0.3 is 6.03 Å². The van der Waals surface area contributed by atoms with E-state index in [2.05, 4.69) is 26.0 Å². The van der Waals surface area contributed by atoms with Crippen LogP contribution in [-0.4, -0.2) is 54.6 Å². The topological polar surface area (TPSA) is 160 Å². The van der Waals surface area contributed by atoms with E-state index in [0.29, 0.717) is 30.3 Å². The van der Waals surface area contributed by atoms with Crippen molar-refractivity contribution in [2.75, 3.05) is 20.7 Å². The lowest BCUT2D eigenvalue weighted by atomic mass is 9.86. The standard InChI is InChI=1S/C25H36N8O3/c1-16-11-19(13-22(30-16)24(34)29-14-18-5-4-6-21(12-18)36-3)23(26)32-33(27)15-17-7-9-20(10-8-17)31-25(35)28-2/h4-6,11-13,17,20H,7-10,14-15,27H2,1-3H3,(H2,26,32)(H,29,34)(H2,28,31,35). The predicted octanol–water partition coefficient (Wildman–Crippen LogP) is 1.61. The highest BCUT2D eigenvalue weighted by Gasteiger charge is 2.23. The summed E-state index contributed by atoms with van der Waals surface area (Å²) in [5.74, 6) is 7.10. The van der Waals surface area contributed by atoms with E-state index in [1.807, 2.05) is 24.3 Å². The first-order valence-corrected chi connectivity index (χ1v) is 12.0. The number of rotatable bonds is 9. The number of amidine groups is 1. The van der Waals surface area contributed by atoms with Crippen molar-refractivity contribution in [3.05, 3.63) is 58.9 Å². The minimum absolute atomic E-state index is 0.155. The number of carbonyl (C=O) groups is 2. The fourth-order valence-electron chi connectivity index (χ4n) is 4.24. The van der Waals surface area contributed by atoms with Crippen molar-refractivity contribution >= 4 is 17.8 Å². The quantitative estimate of drug-likeness (QED) is 0.153. The number of aryl methyl sites for hydroxylation is 1. The van der Waals surface area contributed by atoms with Crippen molar-refractivity contribution < 1.29 is 14.3 Å². The largest absolute Gasteiger partial charge is 0.497 e. The first kappa shape index (κ1) is 26.7. The molecule has 0 radical (unpaired) electrons. The van der Waals surface area contributed by atoms with Crippen LogP contribution in [0.2, 0.25) is 0 Å². The zero-order valence-corrected chi connectivity index (χ0v) is 21.1. The highest BCUT2D eigenvalue weighted by atomic mass is 16.5. The molecule has 11 heteroatoms. The summed E-state index contributed by atoms with van der Waals surface area (Å²) >= 11 is 0. The first-order chi connectivity index (χ1) is 17.3. The minimum atomic E-state index is -0.317. The highest BCUT2D eigenvalue weighted by Crippen LogP contribution is 2.24. The summed E-state index contributed by atoms with van der Waals surface area (Å²) in [5, 5.41) is 14.1. The van der Waals surface area contributed by atoms with Gasteiger partial charge in [0.2, 0.25) is 0 Å². The second kappa shape index (κ2) is 12.7. The molecule has 0 aliphatic heterocycles. The first-order valence-electron chi connectivity index (χ1n) is 12.0. The van der Waals surface area contributed by atoms with Crippen LogP contribution in [0.15, 0.2) is 41.5 Å². The number of methoxy groups -OCH3 is 1. The van der Waals surface area contributed by atoms with E-state index in [4.69, 9.17) is 16.3 Å². The molecule has 0 unspecified atom stereocenters. The van der Waals surface area contributed by atoms with E-state index in [-0.39, 0.29) is 29.5 Å². The molecule has 194 valence electrons. The number of hydrogen-bond donors (Lipinski definition) is 5. The second-order valence-corrected chi connectivity index (χ2v) is 8.97. The lowest BCUT2D eigenvalue weighted by molar-refractivity contribution is 0.0945. The molecule has 3 amide bonds. The summed E-state index contributed by atoms with van der Waals surface area (Å²) in [5.41, 5.74) is 8.60. The number of nitrogens with one attached hydrogen (secondary N) is 3. The van der Waals surface area contributed by atoms with Crippen LogP contribution in [0.25, 0.3) is 0 Å². The van der Waals surface area contributed by atoms with Gasteiger partial charge in [-0.3, -0.25) is 4.79 Å².